The summed E-state index contributed by atoms with van der Waals surface area (Å²) in [7, 11) is 0. The summed E-state index contributed by atoms with van der Waals surface area (Å²) >= 11 is 0. The van der Waals surface area contributed by atoms with Crippen LogP contribution in [0.25, 0.3) is 0 Å². The summed E-state index contributed by atoms with van der Waals surface area (Å²) in [5.74, 6) is -0.479. The van der Waals surface area contributed by atoms with Crippen LogP contribution in [0.4, 0.5) is 10.2 Å². The fourth-order valence-electron chi connectivity index (χ4n) is 1.64. The number of nitrogens with two attached hydrogens (primary N) is 1. The lowest BCUT2D eigenvalue weighted by Crippen LogP contribution is -2.18. The van der Waals surface area contributed by atoms with Crippen molar-refractivity contribution in [2.75, 3.05) is 5.73 Å². The van der Waals surface area contributed by atoms with Crippen LogP contribution >= 0.6 is 0 Å². The van der Waals surface area contributed by atoms with E-state index in [0.717, 1.165) is 10.4 Å². The topological polar surface area (TPSA) is 60.9 Å². The molecule has 4 nitrogen and oxygen atoms in total. The molecule has 0 fully saturated rings. The van der Waals surface area contributed by atoms with E-state index in [4.69, 9.17) is 5.73 Å². The number of nitrogens with zero attached hydrogens (tertiary/aromatic N) is 2. The SMILES string of the molecule is CC(C)(C)c1cc(N)n(C(=O)c2ccc(F)cc2)n1. The Bertz CT molecular complexity index is 609. The zero-order valence-electron chi connectivity index (χ0n) is 11.1. The lowest BCUT2D eigenvalue weighted by Gasteiger charge is -2.13. The van der Waals surface area contributed by atoms with Gasteiger partial charge in [-0.05, 0) is 24.3 Å². The molecule has 0 saturated carbocycles. The van der Waals surface area contributed by atoms with E-state index in [9.17, 15) is 9.18 Å². The Balaban J connectivity index is 2.39. The Labute approximate surface area is 111 Å². The highest BCUT2D eigenvalue weighted by Crippen LogP contribution is 2.23. The standard InChI is InChI=1S/C14H16FN3O/c1-14(2,3)11-8-12(16)18(17-11)13(19)9-4-6-10(15)7-5-9/h4-8H,16H2,1-3H3. The molecule has 5 heteroatoms. The third kappa shape index (κ3) is 2.65. The van der Waals surface area contributed by atoms with E-state index in [0.29, 0.717) is 5.56 Å². The number of anilines is 1. The summed E-state index contributed by atoms with van der Waals surface area (Å²) in [4.78, 5) is 12.2. The summed E-state index contributed by atoms with van der Waals surface area (Å²) in [6, 6.07) is 6.97. The van der Waals surface area contributed by atoms with Crippen molar-refractivity contribution in [3.8, 4) is 0 Å². The summed E-state index contributed by atoms with van der Waals surface area (Å²) in [5, 5.41) is 4.23. The average Bonchev–Trinajstić information content (AvgIpc) is 2.71. The van der Waals surface area contributed by atoms with Crippen LogP contribution in [0.15, 0.2) is 30.3 Å². The first kappa shape index (κ1) is 13.3. The number of carbonyl (C=O) groups excluding carboxylic acids is 1. The number of hydrogen-bond donors (Lipinski definition) is 1. The molecule has 1 aromatic heterocycles. The molecule has 0 spiro atoms. The van der Waals surface area contributed by atoms with Crippen LogP contribution in [0.5, 0.6) is 0 Å². The van der Waals surface area contributed by atoms with Gasteiger partial charge in [0.2, 0.25) is 0 Å². The predicted octanol–water partition coefficient (Wildman–Crippen LogP) is 2.59. The molecule has 0 aliphatic rings. The first-order valence-electron chi connectivity index (χ1n) is 5.95. The van der Waals surface area contributed by atoms with E-state index in [2.05, 4.69) is 5.10 Å². The predicted molar refractivity (Wildman–Crippen MR) is 71.5 cm³/mol. The maximum Gasteiger partial charge on any atom is 0.280 e. The zero-order valence-corrected chi connectivity index (χ0v) is 11.1. The van der Waals surface area contributed by atoms with Gasteiger partial charge in [-0.15, -0.1) is 0 Å². The van der Waals surface area contributed by atoms with Crippen molar-refractivity contribution in [3.63, 3.8) is 0 Å². The van der Waals surface area contributed by atoms with Crippen LogP contribution in [0, 0.1) is 5.82 Å². The zero-order chi connectivity index (χ0) is 14.2. The first-order chi connectivity index (χ1) is 8.79. The Kier molecular flexibility index (Phi) is 3.14. The monoisotopic (exact) mass is 261 g/mol. The Morgan fingerprint density at radius 2 is 1.84 bits per heavy atom. The van der Waals surface area contributed by atoms with Gasteiger partial charge in [0.25, 0.3) is 5.91 Å². The minimum absolute atomic E-state index is 0.192. The van der Waals surface area contributed by atoms with E-state index in [1.807, 2.05) is 20.8 Å². The summed E-state index contributed by atoms with van der Waals surface area (Å²) in [6.45, 7) is 5.96. The minimum atomic E-state index is -0.389. The molecule has 0 aliphatic heterocycles. The molecule has 1 aromatic carbocycles. The largest absolute Gasteiger partial charge is 0.383 e. The van der Waals surface area contributed by atoms with Crippen LogP contribution in [0.2, 0.25) is 0 Å². The van der Waals surface area contributed by atoms with Crippen LogP contribution < -0.4 is 5.73 Å². The van der Waals surface area contributed by atoms with Gasteiger partial charge in [-0.1, -0.05) is 20.8 Å². The lowest BCUT2D eigenvalue weighted by molar-refractivity contribution is 0.0947. The quantitative estimate of drug-likeness (QED) is 0.858. The van der Waals surface area contributed by atoms with Crippen LogP contribution in [0.3, 0.4) is 0 Å². The number of carbonyl (C=O) groups is 1. The molecule has 2 N–H and O–H groups in total. The second kappa shape index (κ2) is 4.50. The molecule has 0 bridgehead atoms. The van der Waals surface area contributed by atoms with Crippen LogP contribution in [-0.4, -0.2) is 15.7 Å². The smallest absolute Gasteiger partial charge is 0.280 e. The highest BCUT2D eigenvalue weighted by Gasteiger charge is 2.21. The molecule has 2 rings (SSSR count). The number of rotatable bonds is 1. The Hall–Kier alpha value is -2.17. The summed E-state index contributed by atoms with van der Waals surface area (Å²) in [6.07, 6.45) is 0. The van der Waals surface area contributed by atoms with Crippen LogP contribution in [0.1, 0.15) is 36.8 Å². The highest BCUT2D eigenvalue weighted by atomic mass is 19.1. The van der Waals surface area contributed by atoms with Gasteiger partial charge in [0.1, 0.15) is 11.6 Å². The van der Waals surface area contributed by atoms with Crippen molar-refractivity contribution < 1.29 is 9.18 Å². The molecule has 0 aliphatic carbocycles. The number of aromatic nitrogens is 2. The van der Waals surface area contributed by atoms with Crippen molar-refractivity contribution >= 4 is 11.7 Å². The van der Waals surface area contributed by atoms with Crippen molar-refractivity contribution in [2.24, 2.45) is 0 Å². The summed E-state index contributed by atoms with van der Waals surface area (Å²) < 4.78 is 14.0. The molecule has 19 heavy (non-hydrogen) atoms. The van der Waals surface area contributed by atoms with Gasteiger partial charge in [-0.25, -0.2) is 4.39 Å². The fraction of sp³-hybridized carbons (Fsp3) is 0.286. The van der Waals surface area contributed by atoms with E-state index < -0.39 is 0 Å². The number of nitrogen functional groups attached to an aromatic ring is 1. The molecule has 0 unspecified atom stereocenters. The number of halogens is 1. The fourth-order valence-corrected chi connectivity index (χ4v) is 1.64. The third-order valence-corrected chi connectivity index (χ3v) is 2.79. The molecule has 0 saturated heterocycles. The summed E-state index contributed by atoms with van der Waals surface area (Å²) in [5.41, 5.74) is 6.70. The van der Waals surface area contributed by atoms with Gasteiger partial charge in [-0.2, -0.15) is 9.78 Å². The third-order valence-electron chi connectivity index (χ3n) is 2.79. The average molecular weight is 261 g/mol. The Morgan fingerprint density at radius 1 is 1.26 bits per heavy atom. The minimum Gasteiger partial charge on any atom is -0.383 e. The Morgan fingerprint density at radius 3 is 2.32 bits per heavy atom. The van der Waals surface area contributed by atoms with E-state index in [1.54, 1.807) is 6.07 Å². The van der Waals surface area contributed by atoms with Gasteiger partial charge in [0, 0.05) is 17.0 Å². The second-order valence-electron chi connectivity index (χ2n) is 5.43. The maximum atomic E-state index is 12.8. The molecular weight excluding hydrogens is 245 g/mol. The van der Waals surface area contributed by atoms with Crippen molar-refractivity contribution in [2.45, 2.75) is 26.2 Å². The van der Waals surface area contributed by atoms with Gasteiger partial charge >= 0.3 is 0 Å². The van der Waals surface area contributed by atoms with Crippen molar-refractivity contribution in [1.82, 2.24) is 9.78 Å². The molecule has 0 amide bonds. The number of hydrogen-bond acceptors (Lipinski definition) is 3. The van der Waals surface area contributed by atoms with Gasteiger partial charge in [0.05, 0.1) is 5.69 Å². The van der Waals surface area contributed by atoms with E-state index >= 15 is 0 Å². The van der Waals surface area contributed by atoms with E-state index in [-0.39, 0.29) is 23.0 Å². The van der Waals surface area contributed by atoms with E-state index in [1.165, 1.54) is 24.3 Å². The molecule has 100 valence electrons. The van der Waals surface area contributed by atoms with Gasteiger partial charge in [-0.3, -0.25) is 4.79 Å². The second-order valence-corrected chi connectivity index (χ2v) is 5.43. The molecule has 2 aromatic rings. The van der Waals surface area contributed by atoms with Crippen LogP contribution in [-0.2, 0) is 5.41 Å². The van der Waals surface area contributed by atoms with Crippen molar-refractivity contribution in [1.29, 1.82) is 0 Å². The van der Waals surface area contributed by atoms with Crippen molar-refractivity contribution in [3.05, 3.63) is 47.4 Å². The lowest BCUT2D eigenvalue weighted by atomic mass is 9.92. The van der Waals surface area contributed by atoms with Gasteiger partial charge in [0.15, 0.2) is 0 Å². The molecule has 0 radical (unpaired) electrons. The molecule has 1 heterocycles. The van der Waals surface area contributed by atoms with Gasteiger partial charge < -0.3 is 5.73 Å². The first-order valence-corrected chi connectivity index (χ1v) is 5.95. The number of benzene rings is 1. The normalized spacial score (nSPS) is 11.6. The maximum absolute atomic E-state index is 12.8. The molecule has 0 atom stereocenters. The highest BCUT2D eigenvalue weighted by molar-refractivity contribution is 5.97. The molecular formula is C14H16FN3O.